The van der Waals surface area contributed by atoms with Gasteiger partial charge in [0.1, 0.15) is 20.6 Å². The number of nitriles is 2. The Bertz CT molecular complexity index is 521. The van der Waals surface area contributed by atoms with E-state index in [4.69, 9.17) is 10.5 Å². The van der Waals surface area contributed by atoms with E-state index in [-0.39, 0.29) is 9.79 Å². The summed E-state index contributed by atoms with van der Waals surface area (Å²) in [5.41, 5.74) is 0. The molecule has 0 unspecified atom stereocenters. The van der Waals surface area contributed by atoms with Crippen molar-refractivity contribution in [3.05, 3.63) is 20.2 Å². The van der Waals surface area contributed by atoms with Crippen molar-refractivity contribution >= 4 is 44.9 Å². The van der Waals surface area contributed by atoms with E-state index < -0.39 is 19.8 Å². The lowest BCUT2D eigenvalue weighted by molar-refractivity contribution is -0.384. The summed E-state index contributed by atoms with van der Waals surface area (Å²) in [7, 11) is 0. The third-order valence-electron chi connectivity index (χ3n) is 1.42. The molecule has 0 spiro atoms. The van der Waals surface area contributed by atoms with Gasteiger partial charge in [-0.2, -0.15) is 10.5 Å². The molecule has 1 heterocycles. The Morgan fingerprint density at radius 2 is 1.35 bits per heavy atom. The first-order chi connectivity index (χ1) is 8.02. The zero-order valence-electron chi connectivity index (χ0n) is 7.65. The predicted octanol–water partition coefficient (Wildman–Crippen LogP) is 2.71. The molecule has 0 aliphatic rings. The molecule has 0 fully saturated rings. The number of thiocyanates is 2. The highest BCUT2D eigenvalue weighted by Gasteiger charge is 2.33. The van der Waals surface area contributed by atoms with Gasteiger partial charge in [0.05, 0.1) is 9.85 Å². The Morgan fingerprint density at radius 1 is 1.00 bits per heavy atom. The van der Waals surface area contributed by atoms with E-state index in [0.717, 1.165) is 0 Å². The Labute approximate surface area is 106 Å². The maximum absolute atomic E-state index is 10.7. The van der Waals surface area contributed by atoms with Crippen LogP contribution in [0.4, 0.5) is 10.0 Å². The van der Waals surface area contributed by atoms with Gasteiger partial charge in [-0.3, -0.25) is 20.2 Å². The van der Waals surface area contributed by atoms with Crippen LogP contribution in [-0.4, -0.2) is 9.85 Å². The number of thiophene rings is 1. The largest absolute Gasteiger partial charge is 0.346 e. The highest BCUT2D eigenvalue weighted by atomic mass is 32.2. The smallest absolute Gasteiger partial charge is 0.258 e. The van der Waals surface area contributed by atoms with Crippen LogP contribution in [0.15, 0.2) is 9.79 Å². The van der Waals surface area contributed by atoms with E-state index in [2.05, 4.69) is 0 Å². The van der Waals surface area contributed by atoms with Gasteiger partial charge in [-0.25, -0.2) is 0 Å². The molecule has 0 bridgehead atoms. The van der Waals surface area contributed by atoms with Crippen molar-refractivity contribution in [1.29, 1.82) is 10.5 Å². The SMILES string of the molecule is N#CSc1c([N+](=O)[O-])sc([N+](=O)[O-])c1SC#N. The maximum Gasteiger partial charge on any atom is 0.346 e. The van der Waals surface area contributed by atoms with Crippen LogP contribution in [0, 0.1) is 41.6 Å². The summed E-state index contributed by atoms with van der Waals surface area (Å²) in [5, 5.41) is 40.5. The van der Waals surface area contributed by atoms with Gasteiger partial charge in [-0.05, 0) is 23.5 Å². The summed E-state index contributed by atoms with van der Waals surface area (Å²) in [4.78, 5) is 19.4. The number of hydrogen-bond acceptors (Lipinski definition) is 9. The fourth-order valence-electron chi connectivity index (χ4n) is 0.890. The highest BCUT2D eigenvalue weighted by molar-refractivity contribution is 8.07. The summed E-state index contributed by atoms with van der Waals surface area (Å²) >= 11 is 1.21. The molecule has 1 rings (SSSR count). The molecular weight excluding hydrogens is 288 g/mol. The number of nitro groups is 2. The van der Waals surface area contributed by atoms with Crippen LogP contribution in [0.1, 0.15) is 0 Å². The Balaban J connectivity index is 3.50. The zero-order valence-corrected chi connectivity index (χ0v) is 10.1. The molecule has 86 valence electrons. The summed E-state index contributed by atoms with van der Waals surface area (Å²) < 4.78 is 0. The summed E-state index contributed by atoms with van der Waals surface area (Å²) in [6, 6.07) is 0. The average molecular weight is 288 g/mol. The number of hydrogen-bond donors (Lipinski definition) is 0. The van der Waals surface area contributed by atoms with E-state index in [1.807, 2.05) is 0 Å². The van der Waals surface area contributed by atoms with Gasteiger partial charge in [-0.15, -0.1) is 0 Å². The minimum absolute atomic E-state index is 0.152. The van der Waals surface area contributed by atoms with Crippen molar-refractivity contribution in [3.8, 4) is 10.8 Å². The van der Waals surface area contributed by atoms with Crippen molar-refractivity contribution < 1.29 is 9.85 Å². The van der Waals surface area contributed by atoms with Crippen molar-refractivity contribution in [2.24, 2.45) is 0 Å². The molecule has 1 aromatic heterocycles. The first-order valence-corrected chi connectivity index (χ1v) is 6.05. The number of rotatable bonds is 4. The highest BCUT2D eigenvalue weighted by Crippen LogP contribution is 2.50. The predicted molar refractivity (Wildman–Crippen MR) is 60.6 cm³/mol. The van der Waals surface area contributed by atoms with Crippen LogP contribution in [0.25, 0.3) is 0 Å². The molecule has 0 saturated heterocycles. The molecule has 11 heteroatoms. The molecule has 0 radical (unpaired) electrons. The van der Waals surface area contributed by atoms with Gasteiger partial charge in [0.15, 0.2) is 0 Å². The molecule has 0 saturated carbocycles. The Morgan fingerprint density at radius 3 is 1.59 bits per heavy atom. The van der Waals surface area contributed by atoms with E-state index >= 15 is 0 Å². The second-order valence-electron chi connectivity index (χ2n) is 2.27. The van der Waals surface area contributed by atoms with Gasteiger partial charge in [0.2, 0.25) is 0 Å². The van der Waals surface area contributed by atoms with Gasteiger partial charge in [0.25, 0.3) is 0 Å². The van der Waals surface area contributed by atoms with Crippen LogP contribution in [0.3, 0.4) is 0 Å². The molecule has 0 aromatic carbocycles. The van der Waals surface area contributed by atoms with Crippen LogP contribution in [0.5, 0.6) is 0 Å². The number of thioether (sulfide) groups is 2. The van der Waals surface area contributed by atoms with Gasteiger partial charge >= 0.3 is 10.0 Å². The molecule has 8 nitrogen and oxygen atoms in total. The lowest BCUT2D eigenvalue weighted by Crippen LogP contribution is -1.86. The van der Waals surface area contributed by atoms with Crippen molar-refractivity contribution in [1.82, 2.24) is 0 Å². The molecule has 0 amide bonds. The van der Waals surface area contributed by atoms with E-state index in [1.54, 1.807) is 10.8 Å². The fraction of sp³-hybridized carbons (Fsp3) is 0. The van der Waals surface area contributed by atoms with Crippen LogP contribution >= 0.6 is 34.9 Å². The fourth-order valence-corrected chi connectivity index (χ4v) is 3.38. The molecule has 0 aliphatic heterocycles. The van der Waals surface area contributed by atoms with E-state index in [0.29, 0.717) is 34.9 Å². The third-order valence-corrected chi connectivity index (χ3v) is 4.28. The van der Waals surface area contributed by atoms with Gasteiger partial charge < -0.3 is 0 Å². The van der Waals surface area contributed by atoms with Crippen molar-refractivity contribution in [3.63, 3.8) is 0 Å². The third kappa shape index (κ3) is 2.65. The second kappa shape index (κ2) is 5.49. The zero-order chi connectivity index (χ0) is 13.0. The van der Waals surface area contributed by atoms with Gasteiger partial charge in [0, 0.05) is 11.3 Å². The van der Waals surface area contributed by atoms with Crippen LogP contribution < -0.4 is 0 Å². The molecule has 0 aliphatic carbocycles. The minimum atomic E-state index is -0.807. The lowest BCUT2D eigenvalue weighted by atomic mass is 10.6. The molecule has 17 heavy (non-hydrogen) atoms. The second-order valence-corrected chi connectivity index (χ2v) is 4.84. The summed E-state index contributed by atoms with van der Waals surface area (Å²) in [6.07, 6.45) is 0. The van der Waals surface area contributed by atoms with Crippen LogP contribution in [0.2, 0.25) is 0 Å². The van der Waals surface area contributed by atoms with Crippen molar-refractivity contribution in [2.75, 3.05) is 0 Å². The Hall–Kier alpha value is -1.82. The van der Waals surface area contributed by atoms with E-state index in [1.165, 1.54) is 0 Å². The summed E-state index contributed by atoms with van der Waals surface area (Å²) in [6.45, 7) is 0. The molecule has 0 N–H and O–H groups in total. The maximum atomic E-state index is 10.7. The average Bonchev–Trinajstić information content (AvgIpc) is 2.59. The van der Waals surface area contributed by atoms with E-state index in [9.17, 15) is 20.2 Å². The minimum Gasteiger partial charge on any atom is -0.258 e. The van der Waals surface area contributed by atoms with Crippen molar-refractivity contribution in [2.45, 2.75) is 9.79 Å². The summed E-state index contributed by atoms with van der Waals surface area (Å²) in [5.74, 6) is 0. The molecule has 0 atom stereocenters. The topological polar surface area (TPSA) is 134 Å². The van der Waals surface area contributed by atoms with Gasteiger partial charge in [-0.1, -0.05) is 0 Å². The Kier molecular flexibility index (Phi) is 4.28. The first-order valence-electron chi connectivity index (χ1n) is 3.60. The monoisotopic (exact) mass is 288 g/mol. The first kappa shape index (κ1) is 13.2. The normalized spacial score (nSPS) is 9.29. The standard InChI is InChI=1S/C6N4O4S3/c7-1-15-3-4(16-2-8)6(10(13)14)17-5(3)9(11)12. The van der Waals surface area contributed by atoms with Crippen LogP contribution in [-0.2, 0) is 0 Å². The molecular formula is C6N4O4S3. The lowest BCUT2D eigenvalue weighted by Gasteiger charge is -1.91. The molecule has 1 aromatic rings. The number of nitrogens with zero attached hydrogens (tertiary/aromatic N) is 4. The quantitative estimate of drug-likeness (QED) is 0.357.